The first kappa shape index (κ1) is 14.7. The molecule has 20 heavy (non-hydrogen) atoms. The Morgan fingerprint density at radius 2 is 2.20 bits per heavy atom. The number of benzene rings is 1. The number of hydrogen-bond acceptors (Lipinski definition) is 3. The van der Waals surface area contributed by atoms with Gasteiger partial charge in [-0.2, -0.15) is 11.3 Å². The minimum atomic E-state index is -0.718. The molecule has 1 aromatic heterocycles. The Bertz CT molecular complexity index is 571. The summed E-state index contributed by atoms with van der Waals surface area (Å²) < 4.78 is 13.1. The average molecular weight is 293 g/mol. The van der Waals surface area contributed by atoms with Crippen molar-refractivity contribution in [3.8, 4) is 0 Å². The summed E-state index contributed by atoms with van der Waals surface area (Å²) in [7, 11) is 0. The molecule has 1 heterocycles. The van der Waals surface area contributed by atoms with E-state index in [2.05, 4.69) is 5.32 Å². The maximum atomic E-state index is 13.1. The van der Waals surface area contributed by atoms with Crippen LogP contribution in [0.15, 0.2) is 41.1 Å². The molecule has 0 spiro atoms. The molecule has 2 unspecified atom stereocenters. The molecule has 0 aliphatic carbocycles. The van der Waals surface area contributed by atoms with Crippen LogP contribution in [0.2, 0.25) is 0 Å². The fourth-order valence-corrected chi connectivity index (χ4v) is 2.57. The van der Waals surface area contributed by atoms with Crippen molar-refractivity contribution < 1.29 is 14.3 Å². The second-order valence-corrected chi connectivity index (χ2v) is 5.37. The van der Waals surface area contributed by atoms with E-state index in [1.54, 1.807) is 19.1 Å². The first-order valence-electron chi connectivity index (χ1n) is 6.31. The van der Waals surface area contributed by atoms with Crippen molar-refractivity contribution in [1.82, 2.24) is 5.32 Å². The standard InChI is InChI=1S/C15H16FNO2S/c1-10(11-3-2-4-13(16)7-11)15(19)17-8-14(18)12-5-6-20-9-12/h2-7,9-10,14,18H,8H2,1H3,(H,17,19). The van der Waals surface area contributed by atoms with E-state index in [0.29, 0.717) is 5.56 Å². The molecule has 0 aliphatic rings. The molecule has 0 saturated carbocycles. The number of aliphatic hydroxyl groups is 1. The van der Waals surface area contributed by atoms with Crippen molar-refractivity contribution in [1.29, 1.82) is 0 Å². The minimum absolute atomic E-state index is 0.148. The number of amides is 1. The smallest absolute Gasteiger partial charge is 0.227 e. The summed E-state index contributed by atoms with van der Waals surface area (Å²) in [5, 5.41) is 16.3. The molecule has 0 fully saturated rings. The Kier molecular flexibility index (Phi) is 4.87. The van der Waals surface area contributed by atoms with Gasteiger partial charge < -0.3 is 10.4 Å². The molecular weight excluding hydrogens is 277 g/mol. The van der Waals surface area contributed by atoms with E-state index in [4.69, 9.17) is 0 Å². The highest BCUT2D eigenvalue weighted by Gasteiger charge is 2.17. The summed E-state index contributed by atoms with van der Waals surface area (Å²) in [4.78, 5) is 12.0. The zero-order valence-electron chi connectivity index (χ0n) is 11.0. The van der Waals surface area contributed by atoms with Crippen LogP contribution in [0, 0.1) is 5.82 Å². The lowest BCUT2D eigenvalue weighted by Gasteiger charge is -2.15. The number of rotatable bonds is 5. The maximum absolute atomic E-state index is 13.1. The van der Waals surface area contributed by atoms with Gasteiger partial charge in [-0.15, -0.1) is 0 Å². The number of nitrogens with one attached hydrogen (secondary N) is 1. The van der Waals surface area contributed by atoms with Crippen molar-refractivity contribution >= 4 is 17.2 Å². The molecule has 2 aromatic rings. The van der Waals surface area contributed by atoms with Crippen LogP contribution in [0.25, 0.3) is 0 Å². The van der Waals surface area contributed by atoms with Crippen LogP contribution in [-0.4, -0.2) is 17.6 Å². The average Bonchev–Trinajstić information content (AvgIpc) is 2.97. The van der Waals surface area contributed by atoms with Crippen LogP contribution in [0.3, 0.4) is 0 Å². The highest BCUT2D eigenvalue weighted by atomic mass is 32.1. The fourth-order valence-electron chi connectivity index (χ4n) is 1.86. The van der Waals surface area contributed by atoms with Gasteiger partial charge in [0, 0.05) is 6.54 Å². The molecule has 2 atom stereocenters. The molecule has 0 bridgehead atoms. The van der Waals surface area contributed by atoms with Crippen molar-refractivity contribution in [2.45, 2.75) is 18.9 Å². The SMILES string of the molecule is CC(C(=O)NCC(O)c1ccsc1)c1cccc(F)c1. The van der Waals surface area contributed by atoms with Crippen LogP contribution >= 0.6 is 11.3 Å². The van der Waals surface area contributed by atoms with E-state index in [9.17, 15) is 14.3 Å². The van der Waals surface area contributed by atoms with Crippen molar-refractivity contribution in [2.24, 2.45) is 0 Å². The summed E-state index contributed by atoms with van der Waals surface area (Å²) in [6.07, 6.45) is -0.718. The van der Waals surface area contributed by atoms with E-state index in [1.807, 2.05) is 16.8 Å². The summed E-state index contributed by atoms with van der Waals surface area (Å²) >= 11 is 1.49. The van der Waals surface area contributed by atoms with Gasteiger partial charge in [-0.25, -0.2) is 4.39 Å². The maximum Gasteiger partial charge on any atom is 0.227 e. The third-order valence-corrected chi connectivity index (χ3v) is 3.84. The number of halogens is 1. The Morgan fingerprint density at radius 3 is 2.85 bits per heavy atom. The lowest BCUT2D eigenvalue weighted by Crippen LogP contribution is -2.31. The van der Waals surface area contributed by atoms with Gasteiger partial charge in [-0.05, 0) is 47.0 Å². The van der Waals surface area contributed by atoms with Gasteiger partial charge in [-0.3, -0.25) is 4.79 Å². The number of hydrogen-bond donors (Lipinski definition) is 2. The Hall–Kier alpha value is -1.72. The predicted octanol–water partition coefficient (Wildman–Crippen LogP) is 2.84. The molecule has 106 valence electrons. The van der Waals surface area contributed by atoms with Crippen LogP contribution in [0.4, 0.5) is 4.39 Å². The number of aliphatic hydroxyl groups excluding tert-OH is 1. The van der Waals surface area contributed by atoms with E-state index in [0.717, 1.165) is 5.56 Å². The van der Waals surface area contributed by atoms with Crippen molar-refractivity contribution in [3.05, 3.63) is 58.0 Å². The predicted molar refractivity (Wildman–Crippen MR) is 77.1 cm³/mol. The van der Waals surface area contributed by atoms with Crippen LogP contribution < -0.4 is 5.32 Å². The lowest BCUT2D eigenvalue weighted by molar-refractivity contribution is -0.122. The number of carbonyl (C=O) groups is 1. The molecule has 1 amide bonds. The topological polar surface area (TPSA) is 49.3 Å². The second-order valence-electron chi connectivity index (χ2n) is 4.59. The van der Waals surface area contributed by atoms with Gasteiger partial charge in [0.2, 0.25) is 5.91 Å². The normalized spacial score (nSPS) is 13.8. The lowest BCUT2D eigenvalue weighted by atomic mass is 10.00. The third kappa shape index (κ3) is 3.65. The molecule has 1 aromatic carbocycles. The quantitative estimate of drug-likeness (QED) is 0.890. The summed E-state index contributed by atoms with van der Waals surface area (Å²) in [5.41, 5.74) is 1.40. The molecule has 2 rings (SSSR count). The summed E-state index contributed by atoms with van der Waals surface area (Å²) in [5.74, 6) is -1.05. The van der Waals surface area contributed by atoms with Gasteiger partial charge in [-0.1, -0.05) is 12.1 Å². The first-order valence-corrected chi connectivity index (χ1v) is 7.25. The Labute approximate surface area is 121 Å². The van der Waals surface area contributed by atoms with Gasteiger partial charge in [0.15, 0.2) is 0 Å². The number of carbonyl (C=O) groups excluding carboxylic acids is 1. The highest BCUT2D eigenvalue weighted by molar-refractivity contribution is 7.07. The molecule has 0 aliphatic heterocycles. The van der Waals surface area contributed by atoms with Gasteiger partial charge in [0.05, 0.1) is 12.0 Å². The molecular formula is C15H16FNO2S. The molecule has 5 heteroatoms. The zero-order chi connectivity index (χ0) is 14.5. The second kappa shape index (κ2) is 6.63. The minimum Gasteiger partial charge on any atom is -0.387 e. The third-order valence-electron chi connectivity index (χ3n) is 3.14. The molecule has 0 saturated heterocycles. The van der Waals surface area contributed by atoms with Gasteiger partial charge in [0.1, 0.15) is 5.82 Å². The largest absolute Gasteiger partial charge is 0.387 e. The van der Waals surface area contributed by atoms with Crippen molar-refractivity contribution in [2.75, 3.05) is 6.54 Å². The summed E-state index contributed by atoms with van der Waals surface area (Å²) in [6, 6.07) is 7.79. The molecule has 2 N–H and O–H groups in total. The molecule has 0 radical (unpaired) electrons. The molecule has 3 nitrogen and oxygen atoms in total. The summed E-state index contributed by atoms with van der Waals surface area (Å²) in [6.45, 7) is 1.86. The number of thiophene rings is 1. The van der Waals surface area contributed by atoms with E-state index in [-0.39, 0.29) is 18.3 Å². The van der Waals surface area contributed by atoms with Gasteiger partial charge in [0.25, 0.3) is 0 Å². The van der Waals surface area contributed by atoms with Crippen LogP contribution in [0.5, 0.6) is 0 Å². The Balaban J connectivity index is 1.91. The first-order chi connectivity index (χ1) is 9.58. The Morgan fingerprint density at radius 1 is 1.40 bits per heavy atom. The van der Waals surface area contributed by atoms with Gasteiger partial charge >= 0.3 is 0 Å². The van der Waals surface area contributed by atoms with E-state index in [1.165, 1.54) is 23.5 Å². The van der Waals surface area contributed by atoms with E-state index < -0.39 is 12.0 Å². The highest BCUT2D eigenvalue weighted by Crippen LogP contribution is 2.18. The monoisotopic (exact) mass is 293 g/mol. The van der Waals surface area contributed by atoms with E-state index >= 15 is 0 Å². The zero-order valence-corrected chi connectivity index (χ0v) is 11.9. The van der Waals surface area contributed by atoms with Crippen molar-refractivity contribution in [3.63, 3.8) is 0 Å². The fraction of sp³-hybridized carbons (Fsp3) is 0.267. The van der Waals surface area contributed by atoms with Crippen LogP contribution in [-0.2, 0) is 4.79 Å². The van der Waals surface area contributed by atoms with Crippen LogP contribution in [0.1, 0.15) is 30.1 Å².